The smallest absolute Gasteiger partial charge is 0.200 e. The highest BCUT2D eigenvalue weighted by Gasteiger charge is 2.29. The summed E-state index contributed by atoms with van der Waals surface area (Å²) in [6.07, 6.45) is 5.34. The molecule has 2 aliphatic rings. The molecule has 3 rings (SSSR count). The maximum Gasteiger partial charge on any atom is 0.200 e. The fourth-order valence-electron chi connectivity index (χ4n) is 2.72. The third kappa shape index (κ3) is 2.58. The van der Waals surface area contributed by atoms with E-state index in [1.165, 1.54) is 5.41 Å². The number of fused-ring (bicyclic) bond motifs is 1. The van der Waals surface area contributed by atoms with Crippen LogP contribution in [0.2, 0.25) is 0 Å². The van der Waals surface area contributed by atoms with Crippen LogP contribution in [0.25, 0.3) is 0 Å². The Kier molecular flexibility index (Phi) is 3.52. The van der Waals surface area contributed by atoms with Crippen LogP contribution in [-0.4, -0.2) is 21.1 Å². The van der Waals surface area contributed by atoms with Crippen LogP contribution in [0.1, 0.15) is 24.8 Å². The molecule has 0 spiro atoms. The monoisotopic (exact) mass is 290 g/mol. The number of hydrogen-bond donors (Lipinski definition) is 0. The Morgan fingerprint density at radius 1 is 1.25 bits per heavy atom. The molecule has 1 aliphatic heterocycles. The van der Waals surface area contributed by atoms with E-state index in [2.05, 4.69) is 6.08 Å². The third-order valence-electron chi connectivity index (χ3n) is 3.84. The van der Waals surface area contributed by atoms with Gasteiger partial charge in [-0.25, -0.2) is 8.42 Å². The zero-order chi connectivity index (χ0) is 14.2. The van der Waals surface area contributed by atoms with Gasteiger partial charge in [-0.1, -0.05) is 23.8 Å². The van der Waals surface area contributed by atoms with Crippen LogP contribution in [-0.2, 0) is 14.6 Å². The van der Waals surface area contributed by atoms with Gasteiger partial charge in [0.05, 0.1) is 17.6 Å². The van der Waals surface area contributed by atoms with Gasteiger partial charge in [-0.05, 0) is 49.5 Å². The Bertz CT molecular complexity index is 666. The molecule has 1 aromatic rings. The lowest BCUT2D eigenvalue weighted by molar-refractivity contribution is 0.118. The van der Waals surface area contributed by atoms with Gasteiger partial charge in [0, 0.05) is 5.41 Å². The van der Waals surface area contributed by atoms with E-state index in [1.807, 2.05) is 19.1 Å². The van der Waals surface area contributed by atoms with E-state index < -0.39 is 9.84 Å². The molecule has 0 amide bonds. The molecule has 0 bridgehead atoms. The lowest BCUT2D eigenvalue weighted by Crippen LogP contribution is -2.10. The second-order valence-electron chi connectivity index (χ2n) is 5.39. The first-order valence-corrected chi connectivity index (χ1v) is 8.45. The molecule has 0 aromatic heterocycles. The fourth-order valence-corrected chi connectivity index (χ4v) is 3.95. The normalized spacial score (nSPS) is 24.6. The minimum atomic E-state index is -3.39. The van der Waals surface area contributed by atoms with Crippen molar-refractivity contribution in [3.63, 3.8) is 0 Å². The van der Waals surface area contributed by atoms with Crippen LogP contribution in [0.15, 0.2) is 51.8 Å². The van der Waals surface area contributed by atoms with Crippen LogP contribution in [0.3, 0.4) is 0 Å². The molecule has 1 atom stereocenters. The van der Waals surface area contributed by atoms with Crippen molar-refractivity contribution >= 4 is 9.84 Å². The number of rotatable bonds is 2. The number of ether oxygens (including phenoxy) is 1. The Morgan fingerprint density at radius 3 is 2.75 bits per heavy atom. The summed E-state index contributed by atoms with van der Waals surface area (Å²) >= 11 is 0. The number of allylic oxidation sites excluding steroid dienone is 1. The number of sulfone groups is 1. The van der Waals surface area contributed by atoms with Gasteiger partial charge in [-0.3, -0.25) is 0 Å². The fraction of sp³-hybridized carbons (Fsp3) is 0.375. The van der Waals surface area contributed by atoms with Crippen LogP contribution in [0.5, 0.6) is 0 Å². The average molecular weight is 290 g/mol. The van der Waals surface area contributed by atoms with E-state index >= 15 is 0 Å². The first-order chi connectivity index (χ1) is 9.56. The first kappa shape index (κ1) is 13.6. The highest BCUT2D eigenvalue weighted by atomic mass is 32.2. The Hall–Kier alpha value is -1.39. The molecule has 1 heterocycles. The van der Waals surface area contributed by atoms with Gasteiger partial charge in [-0.2, -0.15) is 0 Å². The predicted octanol–water partition coefficient (Wildman–Crippen LogP) is 3.16. The van der Waals surface area contributed by atoms with Crippen molar-refractivity contribution in [1.82, 2.24) is 0 Å². The summed E-state index contributed by atoms with van der Waals surface area (Å²) in [5, 5.41) is 1.38. The third-order valence-corrected chi connectivity index (χ3v) is 5.36. The lowest BCUT2D eigenvalue weighted by atomic mass is 9.94. The quantitative estimate of drug-likeness (QED) is 0.840. The van der Waals surface area contributed by atoms with Crippen molar-refractivity contribution in [1.29, 1.82) is 0 Å². The maximum atomic E-state index is 12.4. The highest BCUT2D eigenvalue weighted by molar-refractivity contribution is 7.94. The van der Waals surface area contributed by atoms with Crippen molar-refractivity contribution in [2.24, 2.45) is 0 Å². The van der Waals surface area contributed by atoms with Crippen LogP contribution in [0.4, 0.5) is 0 Å². The molecule has 1 saturated heterocycles. The summed E-state index contributed by atoms with van der Waals surface area (Å²) in [6, 6.07) is 6.95. The van der Waals surface area contributed by atoms with E-state index in [4.69, 9.17) is 4.74 Å². The number of benzene rings is 1. The van der Waals surface area contributed by atoms with E-state index in [-0.39, 0.29) is 6.10 Å². The largest absolute Gasteiger partial charge is 0.369 e. The summed E-state index contributed by atoms with van der Waals surface area (Å²) in [5.41, 5.74) is 2.94. The summed E-state index contributed by atoms with van der Waals surface area (Å²) in [6.45, 7) is 2.35. The summed E-state index contributed by atoms with van der Waals surface area (Å²) in [4.78, 5) is 0.343. The minimum absolute atomic E-state index is 0.100. The molecule has 0 N–H and O–H groups in total. The van der Waals surface area contributed by atoms with Crippen LogP contribution in [0, 0.1) is 6.92 Å². The zero-order valence-corrected chi connectivity index (χ0v) is 12.3. The summed E-state index contributed by atoms with van der Waals surface area (Å²) in [7, 11) is -3.39. The van der Waals surface area contributed by atoms with Crippen molar-refractivity contribution in [3.8, 4) is 0 Å². The molecule has 1 fully saturated rings. The molecular formula is C16H18O3S. The average Bonchev–Trinajstić information content (AvgIpc) is 2.82. The van der Waals surface area contributed by atoms with E-state index in [1.54, 1.807) is 12.1 Å². The molecule has 106 valence electrons. The Balaban J connectivity index is 1.95. The molecule has 4 heteroatoms. The summed E-state index contributed by atoms with van der Waals surface area (Å²) in [5.74, 6) is 0. The molecule has 3 nitrogen and oxygen atoms in total. The SMILES string of the molecule is Cc1ccc(S(=O)(=O)/C=C2\COC3CCCC=C23)cc1. The molecule has 1 unspecified atom stereocenters. The van der Waals surface area contributed by atoms with Gasteiger partial charge in [0.15, 0.2) is 9.84 Å². The highest BCUT2D eigenvalue weighted by Crippen LogP contribution is 2.34. The van der Waals surface area contributed by atoms with Gasteiger partial charge in [0.1, 0.15) is 0 Å². The molecule has 1 aliphatic carbocycles. The second kappa shape index (κ2) is 5.19. The first-order valence-electron chi connectivity index (χ1n) is 6.90. The topological polar surface area (TPSA) is 43.4 Å². The van der Waals surface area contributed by atoms with Gasteiger partial charge < -0.3 is 4.74 Å². The van der Waals surface area contributed by atoms with E-state index in [0.29, 0.717) is 11.5 Å². The second-order valence-corrected chi connectivity index (χ2v) is 7.19. The predicted molar refractivity (Wildman–Crippen MR) is 78.1 cm³/mol. The van der Waals surface area contributed by atoms with Gasteiger partial charge in [0.2, 0.25) is 0 Å². The number of aryl methyl sites for hydroxylation is 1. The van der Waals surface area contributed by atoms with Crippen molar-refractivity contribution in [2.75, 3.05) is 6.61 Å². The van der Waals surface area contributed by atoms with Gasteiger partial charge in [-0.15, -0.1) is 0 Å². The molecular weight excluding hydrogens is 272 g/mol. The Morgan fingerprint density at radius 2 is 2.00 bits per heavy atom. The van der Waals surface area contributed by atoms with Crippen molar-refractivity contribution in [3.05, 3.63) is 52.5 Å². The van der Waals surface area contributed by atoms with E-state index in [9.17, 15) is 8.42 Å². The Labute approximate surface area is 119 Å². The van der Waals surface area contributed by atoms with Crippen LogP contribution >= 0.6 is 0 Å². The minimum Gasteiger partial charge on any atom is -0.369 e. The van der Waals surface area contributed by atoms with Crippen LogP contribution < -0.4 is 0 Å². The molecule has 0 saturated carbocycles. The molecule has 20 heavy (non-hydrogen) atoms. The van der Waals surface area contributed by atoms with E-state index in [0.717, 1.165) is 36.0 Å². The zero-order valence-electron chi connectivity index (χ0n) is 11.5. The summed E-state index contributed by atoms with van der Waals surface area (Å²) < 4.78 is 30.5. The lowest BCUT2D eigenvalue weighted by Gasteiger charge is -2.15. The van der Waals surface area contributed by atoms with Crippen molar-refractivity contribution < 1.29 is 13.2 Å². The molecule has 0 radical (unpaired) electrons. The maximum absolute atomic E-state index is 12.4. The number of hydrogen-bond acceptors (Lipinski definition) is 3. The molecule has 1 aromatic carbocycles. The van der Waals surface area contributed by atoms with Gasteiger partial charge >= 0.3 is 0 Å². The van der Waals surface area contributed by atoms with Crippen molar-refractivity contribution in [2.45, 2.75) is 37.2 Å². The van der Waals surface area contributed by atoms with Gasteiger partial charge in [0.25, 0.3) is 0 Å². The standard InChI is InChI=1S/C16H18O3S/c1-12-6-8-14(9-7-12)20(17,18)11-13-10-19-16-5-3-2-4-15(13)16/h4,6-9,11,16H,2-3,5,10H2,1H3/b13-11+.